The van der Waals surface area contributed by atoms with Gasteiger partial charge in [0.15, 0.2) is 0 Å². The zero-order valence-electron chi connectivity index (χ0n) is 16.2. The lowest BCUT2D eigenvalue weighted by Gasteiger charge is -2.14. The van der Waals surface area contributed by atoms with Gasteiger partial charge in [-0.25, -0.2) is 0 Å². The molecule has 0 saturated carbocycles. The van der Waals surface area contributed by atoms with Crippen LogP contribution < -0.4 is 0 Å². The Morgan fingerprint density at radius 1 is 1.15 bits per heavy atom. The molecule has 138 valence electrons. The van der Waals surface area contributed by atoms with Crippen molar-refractivity contribution < 1.29 is 4.74 Å². The van der Waals surface area contributed by atoms with Gasteiger partial charge in [-0.1, -0.05) is 62.4 Å². The van der Waals surface area contributed by atoms with E-state index in [-0.39, 0.29) is 0 Å². The molecule has 0 radical (unpaired) electrons. The number of hydrogen-bond acceptors (Lipinski definition) is 3. The number of aliphatic imine (C=N–C) groups is 1. The number of nitriles is 1. The molecule has 0 fully saturated rings. The average Bonchev–Trinajstić information content (AvgIpc) is 2.73. The van der Waals surface area contributed by atoms with E-state index in [1.807, 2.05) is 36.4 Å². The lowest BCUT2D eigenvalue weighted by Crippen LogP contribution is -2.01. The Balaban J connectivity index is 2.32. The number of methoxy groups -OCH3 is 1. The number of nitrogens with zero attached hydrogens (tertiary/aromatic N) is 2. The molecular formula is C24H26N2O. The predicted molar refractivity (Wildman–Crippen MR) is 113 cm³/mol. The molecule has 0 heterocycles. The Kier molecular flexibility index (Phi) is 7.58. The molecule has 2 aromatic carbocycles. The topological polar surface area (TPSA) is 45.4 Å². The van der Waals surface area contributed by atoms with Crippen molar-refractivity contribution in [3.63, 3.8) is 0 Å². The van der Waals surface area contributed by atoms with E-state index in [1.165, 1.54) is 0 Å². The maximum atomic E-state index is 9.30. The van der Waals surface area contributed by atoms with Crippen LogP contribution in [0.1, 0.15) is 37.3 Å². The molecule has 0 atom stereocenters. The molecule has 0 saturated heterocycles. The van der Waals surface area contributed by atoms with Crippen LogP contribution in [0.4, 0.5) is 0 Å². The highest BCUT2D eigenvalue weighted by atomic mass is 16.5. The van der Waals surface area contributed by atoms with Crippen molar-refractivity contribution in [1.82, 2.24) is 0 Å². The van der Waals surface area contributed by atoms with Crippen molar-refractivity contribution in [3.8, 4) is 17.2 Å². The highest BCUT2D eigenvalue weighted by Gasteiger charge is 2.12. The van der Waals surface area contributed by atoms with Gasteiger partial charge in [-0.2, -0.15) is 5.26 Å². The van der Waals surface area contributed by atoms with Gasteiger partial charge in [0.1, 0.15) is 5.76 Å². The van der Waals surface area contributed by atoms with Gasteiger partial charge in [0.25, 0.3) is 0 Å². The monoisotopic (exact) mass is 358 g/mol. The van der Waals surface area contributed by atoms with Crippen LogP contribution in [-0.2, 0) is 11.2 Å². The van der Waals surface area contributed by atoms with Crippen molar-refractivity contribution in [2.75, 3.05) is 7.11 Å². The van der Waals surface area contributed by atoms with Crippen LogP contribution in [0.5, 0.6) is 0 Å². The van der Waals surface area contributed by atoms with Crippen LogP contribution in [0, 0.1) is 11.3 Å². The fourth-order valence-electron chi connectivity index (χ4n) is 2.99. The number of hydrogen-bond donors (Lipinski definition) is 0. The van der Waals surface area contributed by atoms with Gasteiger partial charge in [0, 0.05) is 17.7 Å². The lowest BCUT2D eigenvalue weighted by molar-refractivity contribution is 0.300. The predicted octanol–water partition coefficient (Wildman–Crippen LogP) is 6.07. The molecule has 0 aromatic heterocycles. The van der Waals surface area contributed by atoms with Crippen molar-refractivity contribution in [2.45, 2.75) is 32.6 Å². The summed E-state index contributed by atoms with van der Waals surface area (Å²) in [7, 11) is 1.63. The molecule has 0 N–H and O–H groups in total. The summed E-state index contributed by atoms with van der Waals surface area (Å²) in [6.07, 6.45) is 3.70. The van der Waals surface area contributed by atoms with Crippen molar-refractivity contribution in [3.05, 3.63) is 83.3 Å². The maximum Gasteiger partial charge on any atom is 0.117 e. The first-order valence-electron chi connectivity index (χ1n) is 9.15. The molecule has 0 bridgehead atoms. The van der Waals surface area contributed by atoms with Crippen LogP contribution in [0.2, 0.25) is 0 Å². The van der Waals surface area contributed by atoms with Gasteiger partial charge in [0.2, 0.25) is 0 Å². The quantitative estimate of drug-likeness (QED) is 0.310. The second-order valence-electron chi connectivity index (χ2n) is 6.35. The lowest BCUT2D eigenvalue weighted by atomic mass is 9.96. The molecule has 0 spiro atoms. The first-order chi connectivity index (χ1) is 13.1. The van der Waals surface area contributed by atoms with Gasteiger partial charge in [-0.15, -0.1) is 0 Å². The third kappa shape index (κ3) is 5.18. The number of rotatable bonds is 9. The summed E-state index contributed by atoms with van der Waals surface area (Å²) < 4.78 is 5.39. The Morgan fingerprint density at radius 2 is 1.85 bits per heavy atom. The molecule has 2 aromatic rings. The molecule has 0 unspecified atom stereocenters. The molecule has 0 aliphatic heterocycles. The van der Waals surface area contributed by atoms with E-state index in [0.29, 0.717) is 17.7 Å². The molecule has 0 amide bonds. The largest absolute Gasteiger partial charge is 0.497 e. The normalized spacial score (nSPS) is 11.3. The van der Waals surface area contributed by atoms with Crippen LogP contribution in [0.15, 0.2) is 77.1 Å². The zero-order chi connectivity index (χ0) is 19.6. The molecule has 0 aliphatic rings. The van der Waals surface area contributed by atoms with E-state index >= 15 is 0 Å². The smallest absolute Gasteiger partial charge is 0.117 e. The summed E-state index contributed by atoms with van der Waals surface area (Å²) in [6.45, 7) is 9.92. The van der Waals surface area contributed by atoms with Gasteiger partial charge in [-0.3, -0.25) is 4.99 Å². The third-order valence-corrected chi connectivity index (χ3v) is 4.58. The van der Waals surface area contributed by atoms with E-state index in [9.17, 15) is 5.26 Å². The number of unbranched alkanes of at least 4 members (excludes halogenated alkanes) is 1. The van der Waals surface area contributed by atoms with Gasteiger partial charge >= 0.3 is 0 Å². The van der Waals surface area contributed by atoms with Crippen molar-refractivity contribution in [2.24, 2.45) is 4.99 Å². The molecule has 2 rings (SSSR count). The minimum atomic E-state index is 0.632. The van der Waals surface area contributed by atoms with E-state index in [4.69, 9.17) is 4.74 Å². The summed E-state index contributed by atoms with van der Waals surface area (Å²) in [4.78, 5) is 4.23. The summed E-state index contributed by atoms with van der Waals surface area (Å²) in [6, 6.07) is 18.1. The second kappa shape index (κ2) is 10.1. The Bertz CT molecular complexity index is 870. The van der Waals surface area contributed by atoms with Gasteiger partial charge in [-0.05, 0) is 42.3 Å². The Hall–Kier alpha value is -3.12. The van der Waals surface area contributed by atoms with Gasteiger partial charge < -0.3 is 4.74 Å². The molecule has 3 heteroatoms. The van der Waals surface area contributed by atoms with Gasteiger partial charge in [0.05, 0.1) is 18.7 Å². The second-order valence-corrected chi connectivity index (χ2v) is 6.35. The number of allylic oxidation sites excluding steroid dienone is 2. The van der Waals surface area contributed by atoms with Crippen LogP contribution in [-0.4, -0.2) is 13.8 Å². The van der Waals surface area contributed by atoms with E-state index in [0.717, 1.165) is 47.2 Å². The highest BCUT2D eigenvalue weighted by Crippen LogP contribution is 2.27. The summed E-state index contributed by atoms with van der Waals surface area (Å²) >= 11 is 0. The minimum Gasteiger partial charge on any atom is -0.497 e. The summed E-state index contributed by atoms with van der Waals surface area (Å²) in [5.74, 6) is 0.632. The fraction of sp³-hybridized carbons (Fsp3) is 0.250. The zero-order valence-corrected chi connectivity index (χ0v) is 16.2. The molecule has 27 heavy (non-hydrogen) atoms. The molecular weight excluding hydrogens is 332 g/mol. The Labute approximate surface area is 162 Å². The SMILES string of the molecule is C=N/C(CCCC)=C(/Cc1ccc(-c2ccccc2C#N)cc1)C(=C)OC. The Morgan fingerprint density at radius 3 is 2.44 bits per heavy atom. The number of ether oxygens (including phenoxy) is 1. The van der Waals surface area contributed by atoms with Crippen LogP contribution in [0.25, 0.3) is 11.1 Å². The van der Waals surface area contributed by atoms with E-state index < -0.39 is 0 Å². The first kappa shape index (κ1) is 20.2. The summed E-state index contributed by atoms with van der Waals surface area (Å²) in [5, 5.41) is 9.30. The van der Waals surface area contributed by atoms with E-state index in [1.54, 1.807) is 7.11 Å². The highest BCUT2D eigenvalue weighted by molar-refractivity contribution is 5.70. The fourth-order valence-corrected chi connectivity index (χ4v) is 2.99. The van der Waals surface area contributed by atoms with Crippen molar-refractivity contribution in [1.29, 1.82) is 5.26 Å². The third-order valence-electron chi connectivity index (χ3n) is 4.58. The first-order valence-corrected chi connectivity index (χ1v) is 9.15. The standard InChI is InChI=1S/C24H26N2O/c1-5-6-11-24(26-3)23(18(2)27-4)16-19-12-14-20(15-13-19)22-10-8-7-9-21(22)17-25/h7-10,12-15H,2-3,5-6,11,16H2,1,4H3/b24-23-. The molecule has 0 aliphatic carbocycles. The average molecular weight is 358 g/mol. The number of benzene rings is 2. The minimum absolute atomic E-state index is 0.632. The van der Waals surface area contributed by atoms with E-state index in [2.05, 4.69) is 43.4 Å². The van der Waals surface area contributed by atoms with Crippen LogP contribution >= 0.6 is 0 Å². The van der Waals surface area contributed by atoms with Crippen LogP contribution in [0.3, 0.4) is 0 Å². The van der Waals surface area contributed by atoms with Crippen molar-refractivity contribution >= 4 is 6.72 Å². The maximum absolute atomic E-state index is 9.30. The summed E-state index contributed by atoms with van der Waals surface area (Å²) in [5.41, 5.74) is 5.73. The molecule has 3 nitrogen and oxygen atoms in total.